The molecule has 3 fully saturated rings. The molecule has 0 radical (unpaired) electrons. The number of amides is 1. The van der Waals surface area contributed by atoms with Crippen molar-refractivity contribution in [3.05, 3.63) is 59.6 Å². The zero-order valence-electron chi connectivity index (χ0n) is 32.0. The molecule has 294 valence electrons. The maximum Gasteiger partial charge on any atom is 0.318 e. The minimum atomic E-state index is -1.34. The predicted molar refractivity (Wildman–Crippen MR) is 208 cm³/mol. The van der Waals surface area contributed by atoms with E-state index in [9.17, 15) is 15.0 Å². The first kappa shape index (κ1) is 38.8. The maximum absolute atomic E-state index is 15.4. The average Bonchev–Trinajstić information content (AvgIpc) is 3.81. The van der Waals surface area contributed by atoms with Gasteiger partial charge in [-0.1, -0.05) is 31.4 Å². The summed E-state index contributed by atoms with van der Waals surface area (Å²) >= 11 is 0. The van der Waals surface area contributed by atoms with Crippen molar-refractivity contribution in [2.24, 2.45) is 0 Å². The second-order valence-corrected chi connectivity index (χ2v) is 16.1. The lowest BCUT2D eigenvalue weighted by molar-refractivity contribution is -0.129. The van der Waals surface area contributed by atoms with Gasteiger partial charge in [0, 0.05) is 75.1 Å². The largest absolute Gasteiger partial charge is 0.508 e. The highest BCUT2D eigenvalue weighted by atomic mass is 19.1. The van der Waals surface area contributed by atoms with Crippen molar-refractivity contribution in [1.29, 1.82) is 0 Å². The SMILES string of the molecule is C#Cc1c(F)ccc2cc(O)cc(N3CCc4c(nc(OC[C@]5(C(C)(C)O)C[C@@H](F)CN5C5CCOCC5)nc4NCC4(N(C)C(=O)C=C)CCCC4)C3)c12. The number of carbonyl (C=O) groups excluding carboxylic acids is 1. The number of nitrogens with zero attached hydrogens (tertiary/aromatic N) is 5. The summed E-state index contributed by atoms with van der Waals surface area (Å²) in [5.41, 5.74) is -0.643. The third-order valence-electron chi connectivity index (χ3n) is 12.6. The highest BCUT2D eigenvalue weighted by Crippen LogP contribution is 2.44. The molecule has 1 aliphatic carbocycles. The number of nitrogens with one attached hydrogen (secondary N) is 1. The van der Waals surface area contributed by atoms with Gasteiger partial charge in [-0.25, -0.2) is 8.78 Å². The minimum Gasteiger partial charge on any atom is -0.508 e. The van der Waals surface area contributed by atoms with Crippen LogP contribution in [-0.4, -0.2) is 111 Å². The number of carbonyl (C=O) groups is 1. The number of benzene rings is 2. The van der Waals surface area contributed by atoms with E-state index in [1.54, 1.807) is 36.9 Å². The molecule has 7 rings (SSSR count). The number of terminal acetylenes is 1. The molecule has 3 N–H and O–H groups in total. The number of aliphatic hydroxyl groups is 1. The number of aromatic hydroxyl groups is 1. The van der Waals surface area contributed by atoms with Gasteiger partial charge in [0.1, 0.15) is 30.2 Å². The highest BCUT2D eigenvalue weighted by molar-refractivity contribution is 6.00. The van der Waals surface area contributed by atoms with E-state index < -0.39 is 28.7 Å². The summed E-state index contributed by atoms with van der Waals surface area (Å²) < 4.78 is 42.6. The van der Waals surface area contributed by atoms with Crippen molar-refractivity contribution in [2.45, 2.75) is 101 Å². The first-order chi connectivity index (χ1) is 26.3. The first-order valence-corrected chi connectivity index (χ1v) is 19.3. The van der Waals surface area contributed by atoms with Crippen molar-refractivity contribution in [2.75, 3.05) is 56.7 Å². The van der Waals surface area contributed by atoms with E-state index in [1.807, 2.05) is 11.9 Å². The minimum absolute atomic E-state index is 0.0192. The molecule has 2 atom stereocenters. The molecule has 1 saturated carbocycles. The van der Waals surface area contributed by atoms with Crippen molar-refractivity contribution in [1.82, 2.24) is 19.8 Å². The molecule has 4 aliphatic rings. The van der Waals surface area contributed by atoms with Crippen molar-refractivity contribution in [3.63, 3.8) is 0 Å². The molecule has 11 nitrogen and oxygen atoms in total. The van der Waals surface area contributed by atoms with E-state index in [2.05, 4.69) is 22.7 Å². The Balaban J connectivity index is 1.26. The van der Waals surface area contributed by atoms with Gasteiger partial charge in [-0.3, -0.25) is 9.69 Å². The van der Waals surface area contributed by atoms with Crippen LogP contribution in [0.3, 0.4) is 0 Å². The fourth-order valence-corrected chi connectivity index (χ4v) is 9.44. The van der Waals surface area contributed by atoms with Crippen LogP contribution < -0.4 is 15.0 Å². The average molecular weight is 759 g/mol. The Morgan fingerprint density at radius 3 is 2.69 bits per heavy atom. The monoisotopic (exact) mass is 758 g/mol. The molecule has 2 aromatic carbocycles. The van der Waals surface area contributed by atoms with Crippen LogP contribution in [0.4, 0.5) is 20.3 Å². The lowest BCUT2D eigenvalue weighted by Gasteiger charge is -2.49. The van der Waals surface area contributed by atoms with Gasteiger partial charge >= 0.3 is 6.01 Å². The van der Waals surface area contributed by atoms with Crippen LogP contribution in [0.25, 0.3) is 10.8 Å². The normalized spacial score (nSPS) is 23.0. The molecular formula is C42H52F2N6O5. The zero-order chi connectivity index (χ0) is 39.1. The quantitative estimate of drug-likeness (QED) is 0.171. The highest BCUT2D eigenvalue weighted by Gasteiger charge is 2.57. The third kappa shape index (κ3) is 7.20. The number of halogens is 2. The second-order valence-electron chi connectivity index (χ2n) is 16.1. The molecule has 0 unspecified atom stereocenters. The summed E-state index contributed by atoms with van der Waals surface area (Å²) in [6.45, 7) is 9.57. The Morgan fingerprint density at radius 2 is 2.00 bits per heavy atom. The molecule has 0 bridgehead atoms. The molecule has 0 spiro atoms. The van der Waals surface area contributed by atoms with Gasteiger partial charge in [0.25, 0.3) is 0 Å². The van der Waals surface area contributed by atoms with Gasteiger partial charge in [0.15, 0.2) is 0 Å². The first-order valence-electron chi connectivity index (χ1n) is 19.3. The summed E-state index contributed by atoms with van der Waals surface area (Å²) in [4.78, 5) is 28.6. The van der Waals surface area contributed by atoms with E-state index in [4.69, 9.17) is 25.9 Å². The molecule has 2 saturated heterocycles. The van der Waals surface area contributed by atoms with Crippen LogP contribution in [0.2, 0.25) is 0 Å². The molecule has 1 aromatic heterocycles. The Labute approximate surface area is 321 Å². The van der Waals surface area contributed by atoms with E-state index >= 15 is 8.78 Å². The van der Waals surface area contributed by atoms with Crippen molar-refractivity contribution in [3.8, 4) is 24.1 Å². The van der Waals surface area contributed by atoms with E-state index in [0.29, 0.717) is 60.7 Å². The Morgan fingerprint density at radius 1 is 1.25 bits per heavy atom. The number of phenols is 1. The van der Waals surface area contributed by atoms with E-state index in [0.717, 1.165) is 44.1 Å². The van der Waals surface area contributed by atoms with Gasteiger partial charge in [-0.15, -0.1) is 6.42 Å². The van der Waals surface area contributed by atoms with Crippen molar-refractivity contribution < 1.29 is 33.3 Å². The Kier molecular flexibility index (Phi) is 10.7. The molecule has 55 heavy (non-hydrogen) atoms. The molecule has 1 amide bonds. The third-order valence-corrected chi connectivity index (χ3v) is 12.6. The van der Waals surface area contributed by atoms with Crippen LogP contribution in [-0.2, 0) is 22.5 Å². The summed E-state index contributed by atoms with van der Waals surface area (Å²) in [6.07, 6.45) is 11.6. The summed E-state index contributed by atoms with van der Waals surface area (Å²) in [7, 11) is 1.81. The van der Waals surface area contributed by atoms with Crippen molar-refractivity contribution >= 4 is 28.2 Å². The number of fused-ring (bicyclic) bond motifs is 2. The molecule has 4 heterocycles. The van der Waals surface area contributed by atoms with E-state index in [-0.39, 0.29) is 55.4 Å². The maximum atomic E-state index is 15.4. The second kappa shape index (κ2) is 15.2. The van der Waals surface area contributed by atoms with Crippen LogP contribution in [0.1, 0.15) is 75.6 Å². The summed E-state index contributed by atoms with van der Waals surface area (Å²) in [6, 6.07) is 6.14. The van der Waals surface area contributed by atoms with Gasteiger partial charge in [-0.05, 0) is 69.5 Å². The molecule has 3 aromatic rings. The fourth-order valence-electron chi connectivity index (χ4n) is 9.44. The number of phenolic OH excluding ortho intramolecular Hbond substituents is 1. The van der Waals surface area contributed by atoms with Crippen LogP contribution in [0, 0.1) is 18.2 Å². The van der Waals surface area contributed by atoms with Gasteiger partial charge < -0.3 is 34.8 Å². The number of hydrogen-bond donors (Lipinski definition) is 3. The lowest BCUT2D eigenvalue weighted by Crippen LogP contribution is -2.65. The standard InChI is InChI=1S/C42H52F2N6O5/c1-6-31-33(44)11-10-27-20-30(51)21-35(37(27)31)49-17-12-32-34(24-49)46-39(47-38(32)45-25-41(15-8-9-16-41)48(5)36(52)7-2)55-26-42(40(3,4)53)22-28(43)23-50(42)29-13-18-54-19-14-29/h1,7,10-11,20-21,28-29,51,53H,2,8-9,12-19,22-26H2,3-5H3,(H,45,46,47)/t28-,42+/m1/s1. The Bertz CT molecular complexity index is 1990. The molecular weight excluding hydrogens is 706 g/mol. The smallest absolute Gasteiger partial charge is 0.318 e. The van der Waals surface area contributed by atoms with Crippen LogP contribution >= 0.6 is 0 Å². The molecule has 13 heteroatoms. The number of likely N-dealkylation sites (tertiary alicyclic amines) is 1. The zero-order valence-corrected chi connectivity index (χ0v) is 32.0. The van der Waals surface area contributed by atoms with Crippen LogP contribution in [0.5, 0.6) is 11.8 Å². The summed E-state index contributed by atoms with van der Waals surface area (Å²) in [5.74, 6) is 2.41. The lowest BCUT2D eigenvalue weighted by atomic mass is 9.79. The number of alkyl halides is 1. The Hall–Kier alpha value is -4.51. The van der Waals surface area contributed by atoms with Gasteiger partial charge in [-0.2, -0.15) is 9.97 Å². The number of anilines is 2. The predicted octanol–water partition coefficient (Wildman–Crippen LogP) is 5.50. The number of hydrogen-bond acceptors (Lipinski definition) is 10. The number of likely N-dealkylation sites (N-methyl/N-ethyl adjacent to an activating group) is 1. The topological polar surface area (TPSA) is 124 Å². The van der Waals surface area contributed by atoms with Crippen LogP contribution in [0.15, 0.2) is 36.9 Å². The molecule has 3 aliphatic heterocycles. The number of rotatable bonds is 11. The number of aromatic nitrogens is 2. The number of ether oxygens (including phenoxy) is 2. The van der Waals surface area contributed by atoms with E-state index in [1.165, 1.54) is 12.1 Å². The fraction of sp³-hybridized carbons (Fsp3) is 0.548. The van der Waals surface area contributed by atoms with Gasteiger partial charge in [0.05, 0.1) is 34.5 Å². The van der Waals surface area contributed by atoms with Gasteiger partial charge in [0.2, 0.25) is 5.91 Å². The summed E-state index contributed by atoms with van der Waals surface area (Å²) in [5, 5.41) is 27.2.